The molecule has 0 aliphatic rings. The maximum atomic E-state index is 5.48. The maximum Gasteiger partial charge on any atom is 0.0992 e. The predicted octanol–water partition coefficient (Wildman–Crippen LogP) is 0.768. The molecular weight excluding hydrogens is 176 g/mol. The molecule has 2 N–H and O–H groups in total. The van der Waals surface area contributed by atoms with Gasteiger partial charge in [0.1, 0.15) is 0 Å². The number of hydrogen-bond acceptors (Lipinski definition) is 3. The number of aromatic nitrogens is 3. The highest BCUT2D eigenvalue weighted by atomic mass is 15.0. The summed E-state index contributed by atoms with van der Waals surface area (Å²) in [5, 5.41) is 0. The second-order valence-corrected chi connectivity index (χ2v) is 3.06. The molecule has 0 aromatic carbocycles. The lowest BCUT2D eigenvalue weighted by atomic mass is 10.2. The Kier molecular flexibility index (Phi) is 2.55. The van der Waals surface area contributed by atoms with Gasteiger partial charge in [0, 0.05) is 18.6 Å². The van der Waals surface area contributed by atoms with Crippen molar-refractivity contribution in [2.75, 3.05) is 6.54 Å². The summed E-state index contributed by atoms with van der Waals surface area (Å²) in [6.07, 6.45) is 9.90. The molecular formula is C10H12N4. The van der Waals surface area contributed by atoms with E-state index in [-0.39, 0.29) is 0 Å². The van der Waals surface area contributed by atoms with Crippen molar-refractivity contribution < 1.29 is 0 Å². The van der Waals surface area contributed by atoms with Crippen LogP contribution >= 0.6 is 0 Å². The number of nitrogens with zero attached hydrogens (tertiary/aromatic N) is 3. The number of hydrogen-bond donors (Lipinski definition) is 1. The van der Waals surface area contributed by atoms with Crippen molar-refractivity contribution in [1.29, 1.82) is 0 Å². The quantitative estimate of drug-likeness (QED) is 0.774. The molecule has 0 unspecified atom stereocenters. The van der Waals surface area contributed by atoms with Crippen LogP contribution in [-0.4, -0.2) is 21.1 Å². The summed E-state index contributed by atoms with van der Waals surface area (Å²) in [5.41, 5.74) is 7.66. The molecule has 0 fully saturated rings. The lowest BCUT2D eigenvalue weighted by Gasteiger charge is -2.03. The molecule has 14 heavy (non-hydrogen) atoms. The maximum absolute atomic E-state index is 5.48. The van der Waals surface area contributed by atoms with E-state index >= 15 is 0 Å². The Hall–Kier alpha value is -1.68. The Balaban J connectivity index is 2.31. The Morgan fingerprint density at radius 3 is 2.93 bits per heavy atom. The summed E-state index contributed by atoms with van der Waals surface area (Å²) in [5.74, 6) is 0. The van der Waals surface area contributed by atoms with Crippen molar-refractivity contribution in [3.63, 3.8) is 0 Å². The molecule has 0 spiro atoms. The zero-order valence-corrected chi connectivity index (χ0v) is 7.80. The third-order valence-corrected chi connectivity index (χ3v) is 2.02. The third-order valence-electron chi connectivity index (χ3n) is 2.02. The van der Waals surface area contributed by atoms with Crippen molar-refractivity contribution in [3.05, 3.63) is 42.7 Å². The van der Waals surface area contributed by atoms with E-state index in [1.54, 1.807) is 12.5 Å². The zero-order chi connectivity index (χ0) is 9.80. The fraction of sp³-hybridized carbons (Fsp3) is 0.200. The van der Waals surface area contributed by atoms with E-state index in [0.717, 1.165) is 17.7 Å². The Bertz CT molecular complexity index is 394. The van der Waals surface area contributed by atoms with Crippen LogP contribution in [0.3, 0.4) is 0 Å². The van der Waals surface area contributed by atoms with E-state index < -0.39 is 0 Å². The molecule has 2 aromatic heterocycles. The monoisotopic (exact) mass is 188 g/mol. The van der Waals surface area contributed by atoms with Gasteiger partial charge in [0.15, 0.2) is 0 Å². The molecule has 0 aliphatic carbocycles. The van der Waals surface area contributed by atoms with E-state index in [0.29, 0.717) is 6.54 Å². The zero-order valence-electron chi connectivity index (χ0n) is 7.80. The summed E-state index contributed by atoms with van der Waals surface area (Å²) in [6, 6.07) is 2.07. The van der Waals surface area contributed by atoms with Gasteiger partial charge in [-0.3, -0.25) is 4.98 Å². The first-order chi connectivity index (χ1) is 6.90. The van der Waals surface area contributed by atoms with Gasteiger partial charge in [-0.15, -0.1) is 0 Å². The van der Waals surface area contributed by atoms with Crippen LogP contribution < -0.4 is 5.73 Å². The molecule has 0 bridgehead atoms. The van der Waals surface area contributed by atoms with E-state index in [2.05, 4.69) is 16.0 Å². The summed E-state index contributed by atoms with van der Waals surface area (Å²) in [6.45, 7) is 0.648. The summed E-state index contributed by atoms with van der Waals surface area (Å²) in [4.78, 5) is 8.14. The lowest BCUT2D eigenvalue weighted by Crippen LogP contribution is -2.03. The first kappa shape index (κ1) is 8.90. The van der Waals surface area contributed by atoms with Gasteiger partial charge in [0.05, 0.1) is 18.2 Å². The second-order valence-electron chi connectivity index (χ2n) is 3.06. The van der Waals surface area contributed by atoms with E-state index in [4.69, 9.17) is 5.73 Å². The van der Waals surface area contributed by atoms with Crippen LogP contribution in [0.4, 0.5) is 0 Å². The van der Waals surface area contributed by atoms with Gasteiger partial charge in [-0.25, -0.2) is 4.98 Å². The molecule has 0 atom stereocenters. The van der Waals surface area contributed by atoms with E-state index in [1.165, 1.54) is 0 Å². The number of imidazole rings is 1. The van der Waals surface area contributed by atoms with E-state index in [9.17, 15) is 0 Å². The summed E-state index contributed by atoms with van der Waals surface area (Å²) in [7, 11) is 0. The average molecular weight is 188 g/mol. The van der Waals surface area contributed by atoms with Crippen molar-refractivity contribution in [3.8, 4) is 5.69 Å². The van der Waals surface area contributed by atoms with Crippen molar-refractivity contribution in [2.24, 2.45) is 5.73 Å². The minimum Gasteiger partial charge on any atom is -0.330 e. The average Bonchev–Trinajstić information content (AvgIpc) is 2.71. The van der Waals surface area contributed by atoms with Crippen molar-refractivity contribution in [2.45, 2.75) is 6.42 Å². The van der Waals surface area contributed by atoms with Gasteiger partial charge in [-0.05, 0) is 24.6 Å². The van der Waals surface area contributed by atoms with Crippen LogP contribution in [0.1, 0.15) is 5.56 Å². The van der Waals surface area contributed by atoms with Crippen molar-refractivity contribution >= 4 is 0 Å². The smallest absolute Gasteiger partial charge is 0.0992 e. The summed E-state index contributed by atoms with van der Waals surface area (Å²) >= 11 is 0. The first-order valence-electron chi connectivity index (χ1n) is 4.52. The molecule has 2 rings (SSSR count). The van der Waals surface area contributed by atoms with Crippen LogP contribution in [0.15, 0.2) is 37.2 Å². The van der Waals surface area contributed by atoms with Gasteiger partial charge in [-0.1, -0.05) is 0 Å². The Morgan fingerprint density at radius 2 is 2.21 bits per heavy atom. The number of rotatable bonds is 3. The van der Waals surface area contributed by atoms with Crippen LogP contribution in [-0.2, 0) is 6.42 Å². The molecule has 0 radical (unpaired) electrons. The van der Waals surface area contributed by atoms with Gasteiger partial charge in [0.2, 0.25) is 0 Å². The molecule has 4 heteroatoms. The normalized spacial score (nSPS) is 10.4. The molecule has 2 aromatic rings. The largest absolute Gasteiger partial charge is 0.330 e. The van der Waals surface area contributed by atoms with Gasteiger partial charge < -0.3 is 10.3 Å². The minimum absolute atomic E-state index is 0.648. The Labute approximate surface area is 82.4 Å². The standard InChI is InChI=1S/C10H12N4/c11-2-1-9-5-10(7-13-6-9)14-4-3-12-8-14/h3-8H,1-2,11H2. The molecule has 0 saturated heterocycles. The number of nitrogens with two attached hydrogens (primary N) is 1. The van der Waals surface area contributed by atoms with Crippen molar-refractivity contribution in [1.82, 2.24) is 14.5 Å². The van der Waals surface area contributed by atoms with Crippen LogP contribution in [0.5, 0.6) is 0 Å². The Morgan fingerprint density at radius 1 is 1.29 bits per heavy atom. The molecule has 2 heterocycles. The summed E-state index contributed by atoms with van der Waals surface area (Å²) < 4.78 is 1.92. The highest BCUT2D eigenvalue weighted by Gasteiger charge is 1.97. The highest BCUT2D eigenvalue weighted by Crippen LogP contribution is 2.07. The molecule has 0 aliphatic heterocycles. The molecule has 0 amide bonds. The van der Waals surface area contributed by atoms with Gasteiger partial charge in [0.25, 0.3) is 0 Å². The SMILES string of the molecule is NCCc1cncc(-n2ccnc2)c1. The molecule has 4 nitrogen and oxygen atoms in total. The van der Waals surface area contributed by atoms with Crippen LogP contribution in [0.2, 0.25) is 0 Å². The topological polar surface area (TPSA) is 56.7 Å². The first-order valence-corrected chi connectivity index (χ1v) is 4.52. The fourth-order valence-electron chi connectivity index (χ4n) is 1.33. The number of pyridine rings is 1. The molecule has 0 saturated carbocycles. The third kappa shape index (κ3) is 1.80. The highest BCUT2D eigenvalue weighted by molar-refractivity contribution is 5.32. The lowest BCUT2D eigenvalue weighted by molar-refractivity contribution is 0.945. The minimum atomic E-state index is 0.648. The van der Waals surface area contributed by atoms with Gasteiger partial charge in [-0.2, -0.15) is 0 Å². The van der Waals surface area contributed by atoms with E-state index in [1.807, 2.05) is 23.2 Å². The molecule has 72 valence electrons. The predicted molar refractivity (Wildman–Crippen MR) is 54.1 cm³/mol. The second kappa shape index (κ2) is 4.02. The van der Waals surface area contributed by atoms with Crippen LogP contribution in [0.25, 0.3) is 5.69 Å². The fourth-order valence-corrected chi connectivity index (χ4v) is 1.33. The van der Waals surface area contributed by atoms with Gasteiger partial charge >= 0.3 is 0 Å². The van der Waals surface area contributed by atoms with Crippen LogP contribution in [0, 0.1) is 0 Å².